The second-order valence-electron chi connectivity index (χ2n) is 5.88. The van der Waals surface area contributed by atoms with Gasteiger partial charge in [0.25, 0.3) is 0 Å². The van der Waals surface area contributed by atoms with E-state index < -0.39 is 5.54 Å². The van der Waals surface area contributed by atoms with E-state index in [0.29, 0.717) is 11.3 Å². The van der Waals surface area contributed by atoms with Gasteiger partial charge in [0.15, 0.2) is 0 Å². The van der Waals surface area contributed by atoms with E-state index in [1.807, 2.05) is 12.1 Å². The minimum Gasteiger partial charge on any atom is -0.347 e. The first kappa shape index (κ1) is 21.1. The van der Waals surface area contributed by atoms with Crippen LogP contribution in [-0.4, -0.2) is 40.6 Å². The maximum atomic E-state index is 12.5. The van der Waals surface area contributed by atoms with Gasteiger partial charge in [-0.15, -0.1) is 12.4 Å². The zero-order valence-corrected chi connectivity index (χ0v) is 16.6. The van der Waals surface area contributed by atoms with Crippen LogP contribution < -0.4 is 11.1 Å². The summed E-state index contributed by atoms with van der Waals surface area (Å²) in [4.78, 5) is 25.6. The molecule has 0 fully saturated rings. The Hall–Kier alpha value is -1.90. The first-order chi connectivity index (χ1) is 11.2. The summed E-state index contributed by atoms with van der Waals surface area (Å²) in [5, 5.41) is 6.80. The lowest BCUT2D eigenvalue weighted by Gasteiger charge is -2.23. The lowest BCUT2D eigenvalue weighted by atomic mass is 9.92. The minimum absolute atomic E-state index is 0. The molecule has 7 nitrogen and oxygen atoms in total. The van der Waals surface area contributed by atoms with Crippen LogP contribution in [0.5, 0.6) is 0 Å². The summed E-state index contributed by atoms with van der Waals surface area (Å²) in [7, 11) is 3.35. The van der Waals surface area contributed by atoms with E-state index in [4.69, 9.17) is 5.73 Å². The predicted molar refractivity (Wildman–Crippen MR) is 102 cm³/mol. The number of nitrogens with zero attached hydrogens (tertiary/aromatic N) is 3. The van der Waals surface area contributed by atoms with Gasteiger partial charge < -0.3 is 16.0 Å². The first-order valence-electron chi connectivity index (χ1n) is 7.29. The Kier molecular flexibility index (Phi) is 7.16. The van der Waals surface area contributed by atoms with Crippen molar-refractivity contribution in [3.8, 4) is 0 Å². The molecule has 2 amide bonds. The van der Waals surface area contributed by atoms with Crippen LogP contribution in [0.4, 0.5) is 5.69 Å². The number of nitrogens with two attached hydrogens (primary N) is 1. The summed E-state index contributed by atoms with van der Waals surface area (Å²) in [6, 6.07) is 7.25. The maximum Gasteiger partial charge on any atom is 0.248 e. The highest BCUT2D eigenvalue weighted by atomic mass is 79.9. The Morgan fingerprint density at radius 1 is 1.32 bits per heavy atom. The summed E-state index contributed by atoms with van der Waals surface area (Å²) < 4.78 is 2.38. The smallest absolute Gasteiger partial charge is 0.248 e. The number of benzene rings is 1. The molecule has 25 heavy (non-hydrogen) atoms. The SMILES string of the molecule is CN(C)C(=O)Cn1cc(NC(=O)C(C)(N)c2ccc(Br)cc2)cn1.Cl. The average molecular weight is 431 g/mol. The van der Waals surface area contributed by atoms with E-state index in [0.717, 1.165) is 4.47 Å². The van der Waals surface area contributed by atoms with Crippen LogP contribution in [0.1, 0.15) is 12.5 Å². The molecule has 1 aromatic heterocycles. The zero-order chi connectivity index (χ0) is 17.9. The van der Waals surface area contributed by atoms with Crippen molar-refractivity contribution >= 4 is 45.8 Å². The third kappa shape index (κ3) is 5.29. The van der Waals surface area contributed by atoms with Crippen molar-refractivity contribution < 1.29 is 9.59 Å². The van der Waals surface area contributed by atoms with Gasteiger partial charge in [-0.25, -0.2) is 0 Å². The van der Waals surface area contributed by atoms with Gasteiger partial charge in [0.05, 0.1) is 11.9 Å². The van der Waals surface area contributed by atoms with Crippen LogP contribution in [0.15, 0.2) is 41.1 Å². The van der Waals surface area contributed by atoms with Crippen molar-refractivity contribution in [1.29, 1.82) is 0 Å². The quantitative estimate of drug-likeness (QED) is 0.758. The van der Waals surface area contributed by atoms with Gasteiger partial charge in [0.2, 0.25) is 11.8 Å². The number of anilines is 1. The average Bonchev–Trinajstić information content (AvgIpc) is 2.94. The highest BCUT2D eigenvalue weighted by Gasteiger charge is 2.30. The molecule has 1 atom stereocenters. The van der Waals surface area contributed by atoms with Gasteiger partial charge in [0, 0.05) is 24.8 Å². The van der Waals surface area contributed by atoms with Gasteiger partial charge in [-0.1, -0.05) is 28.1 Å². The number of likely N-dealkylation sites (N-methyl/N-ethyl adjacent to an activating group) is 1. The van der Waals surface area contributed by atoms with Crippen molar-refractivity contribution in [2.45, 2.75) is 19.0 Å². The Labute approximate surface area is 161 Å². The Morgan fingerprint density at radius 3 is 2.48 bits per heavy atom. The van der Waals surface area contributed by atoms with Gasteiger partial charge in [0.1, 0.15) is 12.1 Å². The Balaban J connectivity index is 0.00000312. The van der Waals surface area contributed by atoms with Crippen LogP contribution in [-0.2, 0) is 21.7 Å². The number of carbonyl (C=O) groups is 2. The molecular weight excluding hydrogens is 410 g/mol. The van der Waals surface area contributed by atoms with E-state index in [1.54, 1.807) is 39.3 Å². The highest BCUT2D eigenvalue weighted by molar-refractivity contribution is 9.10. The number of hydrogen-bond donors (Lipinski definition) is 2. The third-order valence-corrected chi connectivity index (χ3v) is 4.13. The summed E-state index contributed by atoms with van der Waals surface area (Å²) >= 11 is 3.35. The normalized spacial score (nSPS) is 12.7. The Morgan fingerprint density at radius 2 is 1.92 bits per heavy atom. The molecule has 3 N–H and O–H groups in total. The minimum atomic E-state index is -1.19. The van der Waals surface area contributed by atoms with Gasteiger partial charge >= 0.3 is 0 Å². The van der Waals surface area contributed by atoms with E-state index in [9.17, 15) is 9.59 Å². The summed E-state index contributed by atoms with van der Waals surface area (Å²) in [6.07, 6.45) is 3.08. The van der Waals surface area contributed by atoms with Crippen LogP contribution in [0.25, 0.3) is 0 Å². The molecule has 0 radical (unpaired) electrons. The molecule has 0 bridgehead atoms. The molecule has 0 aliphatic rings. The number of rotatable bonds is 5. The molecule has 2 rings (SSSR count). The summed E-state index contributed by atoms with van der Waals surface area (Å²) in [5.74, 6) is -0.446. The largest absolute Gasteiger partial charge is 0.347 e. The third-order valence-electron chi connectivity index (χ3n) is 3.60. The second-order valence-corrected chi connectivity index (χ2v) is 6.79. The molecule has 1 unspecified atom stereocenters. The predicted octanol–water partition coefficient (Wildman–Crippen LogP) is 1.97. The molecule has 0 spiro atoms. The monoisotopic (exact) mass is 429 g/mol. The van der Waals surface area contributed by atoms with E-state index in [-0.39, 0.29) is 30.8 Å². The van der Waals surface area contributed by atoms with Gasteiger partial charge in [-0.05, 0) is 24.6 Å². The number of amides is 2. The van der Waals surface area contributed by atoms with Crippen molar-refractivity contribution in [2.24, 2.45) is 5.73 Å². The lowest BCUT2D eigenvalue weighted by Crippen LogP contribution is -2.45. The van der Waals surface area contributed by atoms with Crippen molar-refractivity contribution in [2.75, 3.05) is 19.4 Å². The zero-order valence-electron chi connectivity index (χ0n) is 14.2. The molecule has 1 aromatic carbocycles. The fourth-order valence-corrected chi connectivity index (χ4v) is 2.25. The van der Waals surface area contributed by atoms with E-state index >= 15 is 0 Å². The number of carbonyl (C=O) groups excluding carboxylic acids is 2. The number of aromatic nitrogens is 2. The van der Waals surface area contributed by atoms with E-state index in [1.165, 1.54) is 15.8 Å². The van der Waals surface area contributed by atoms with Crippen LogP contribution in [0.3, 0.4) is 0 Å². The molecule has 2 aromatic rings. The molecule has 0 saturated carbocycles. The molecule has 1 heterocycles. The number of nitrogens with one attached hydrogen (secondary N) is 1. The fourth-order valence-electron chi connectivity index (χ4n) is 1.98. The second kappa shape index (κ2) is 8.46. The summed E-state index contributed by atoms with van der Waals surface area (Å²) in [6.45, 7) is 1.75. The van der Waals surface area contributed by atoms with Crippen molar-refractivity contribution in [1.82, 2.24) is 14.7 Å². The Bertz CT molecular complexity index is 743. The highest BCUT2D eigenvalue weighted by Crippen LogP contribution is 2.22. The first-order valence-corrected chi connectivity index (χ1v) is 8.08. The fraction of sp³-hybridized carbons (Fsp3) is 0.312. The molecule has 136 valence electrons. The van der Waals surface area contributed by atoms with Gasteiger partial charge in [-0.2, -0.15) is 5.10 Å². The number of hydrogen-bond acceptors (Lipinski definition) is 4. The number of halogens is 2. The lowest BCUT2D eigenvalue weighted by molar-refractivity contribution is -0.129. The standard InChI is InChI=1S/C16H20BrN5O2.ClH/c1-16(18,11-4-6-12(17)7-5-11)15(24)20-13-8-19-22(9-13)10-14(23)21(2)3;/h4-9H,10,18H2,1-3H3,(H,20,24);1H. The van der Waals surface area contributed by atoms with Gasteiger partial charge in [-0.3, -0.25) is 14.3 Å². The topological polar surface area (TPSA) is 93.2 Å². The molecular formula is C16H21BrClN5O2. The van der Waals surface area contributed by atoms with Crippen LogP contribution >= 0.6 is 28.3 Å². The molecule has 9 heteroatoms. The molecule has 0 aliphatic carbocycles. The molecule has 0 aliphatic heterocycles. The maximum absolute atomic E-state index is 12.5. The van der Waals surface area contributed by atoms with Crippen LogP contribution in [0, 0.1) is 0 Å². The van der Waals surface area contributed by atoms with E-state index in [2.05, 4.69) is 26.3 Å². The van der Waals surface area contributed by atoms with Crippen LogP contribution in [0.2, 0.25) is 0 Å². The summed E-state index contributed by atoms with van der Waals surface area (Å²) in [5.41, 5.74) is 6.18. The van der Waals surface area contributed by atoms with Crippen molar-refractivity contribution in [3.63, 3.8) is 0 Å². The molecule has 0 saturated heterocycles. The van der Waals surface area contributed by atoms with Crippen molar-refractivity contribution in [3.05, 3.63) is 46.7 Å².